The molecule has 0 aliphatic carbocycles. The second-order valence-corrected chi connectivity index (χ2v) is 5.16. The molecule has 81 valence electrons. The second kappa shape index (κ2) is 4.89. The van der Waals surface area contributed by atoms with Crippen molar-refractivity contribution in [3.63, 3.8) is 0 Å². The molecule has 0 aromatic carbocycles. The van der Waals surface area contributed by atoms with E-state index in [9.17, 15) is 4.79 Å². The number of hydrogen-bond donors (Lipinski definition) is 1. The molecule has 0 amide bonds. The van der Waals surface area contributed by atoms with Gasteiger partial charge < -0.3 is 10.1 Å². The van der Waals surface area contributed by atoms with E-state index in [0.29, 0.717) is 6.47 Å². The van der Waals surface area contributed by atoms with E-state index < -0.39 is 0 Å². The van der Waals surface area contributed by atoms with Gasteiger partial charge in [-0.3, -0.25) is 4.79 Å². The second-order valence-electron chi connectivity index (χ2n) is 5.16. The molecule has 0 aromatic rings. The van der Waals surface area contributed by atoms with Crippen LogP contribution in [0.1, 0.15) is 40.5 Å². The third-order valence-corrected chi connectivity index (χ3v) is 2.40. The molecule has 1 saturated heterocycles. The SMILES string of the molecule is CC1(C)CC(OC=O)CC(C)(C)N1.[Bi]. The van der Waals surface area contributed by atoms with Crippen LogP contribution in [0.3, 0.4) is 0 Å². The third kappa shape index (κ3) is 4.23. The molecule has 1 rings (SSSR count). The average Bonchev–Trinajstić information content (AvgIpc) is 1.78. The Labute approximate surface area is 105 Å². The van der Waals surface area contributed by atoms with Crippen LogP contribution in [0, 0.1) is 0 Å². The van der Waals surface area contributed by atoms with Crippen molar-refractivity contribution in [2.75, 3.05) is 0 Å². The number of hydrogen-bond acceptors (Lipinski definition) is 3. The van der Waals surface area contributed by atoms with E-state index in [4.69, 9.17) is 4.74 Å². The Morgan fingerprint density at radius 2 is 1.64 bits per heavy atom. The first-order valence-electron chi connectivity index (χ1n) is 4.73. The van der Waals surface area contributed by atoms with E-state index in [1.165, 1.54) is 0 Å². The number of rotatable bonds is 2. The van der Waals surface area contributed by atoms with E-state index in [1.54, 1.807) is 0 Å². The Morgan fingerprint density at radius 3 is 2.00 bits per heavy atom. The molecule has 3 nitrogen and oxygen atoms in total. The van der Waals surface area contributed by atoms with Crippen molar-refractivity contribution in [1.82, 2.24) is 5.32 Å². The summed E-state index contributed by atoms with van der Waals surface area (Å²) >= 11 is 0. The van der Waals surface area contributed by atoms with Gasteiger partial charge in [-0.1, -0.05) is 0 Å². The number of carbonyl (C=O) groups excluding carboxylic acids is 1. The van der Waals surface area contributed by atoms with Crippen molar-refractivity contribution >= 4 is 32.7 Å². The van der Waals surface area contributed by atoms with Gasteiger partial charge in [0.1, 0.15) is 6.10 Å². The molecular weight excluding hydrogens is 375 g/mol. The van der Waals surface area contributed by atoms with Crippen LogP contribution >= 0.6 is 0 Å². The summed E-state index contributed by atoms with van der Waals surface area (Å²) in [5.74, 6) is 0. The van der Waals surface area contributed by atoms with E-state index in [-0.39, 0.29) is 43.4 Å². The van der Waals surface area contributed by atoms with Crippen molar-refractivity contribution in [3.8, 4) is 0 Å². The van der Waals surface area contributed by atoms with Gasteiger partial charge in [0.05, 0.1) is 0 Å². The smallest absolute Gasteiger partial charge is 0.293 e. The van der Waals surface area contributed by atoms with Crippen LogP contribution in [0.5, 0.6) is 0 Å². The Balaban J connectivity index is 0.00000169. The number of carbonyl (C=O) groups is 1. The summed E-state index contributed by atoms with van der Waals surface area (Å²) in [5.41, 5.74) is 0.102. The normalized spacial score (nSPS) is 24.9. The molecule has 1 fully saturated rings. The minimum absolute atomic E-state index is 0. The molecule has 0 bridgehead atoms. The zero-order valence-corrected chi connectivity index (χ0v) is 12.8. The molecule has 0 saturated carbocycles. The van der Waals surface area contributed by atoms with Crippen molar-refractivity contribution in [1.29, 1.82) is 0 Å². The molecule has 0 aromatic heterocycles. The molecule has 1 heterocycles. The predicted octanol–water partition coefficient (Wildman–Crippen LogP) is 1.09. The van der Waals surface area contributed by atoms with E-state index in [1.807, 2.05) is 0 Å². The van der Waals surface area contributed by atoms with Gasteiger partial charge in [0.2, 0.25) is 0 Å². The van der Waals surface area contributed by atoms with Crippen LogP contribution in [0.4, 0.5) is 0 Å². The van der Waals surface area contributed by atoms with E-state index in [2.05, 4.69) is 33.0 Å². The molecule has 0 spiro atoms. The fourth-order valence-electron chi connectivity index (χ4n) is 2.40. The molecule has 0 atom stereocenters. The molecule has 14 heavy (non-hydrogen) atoms. The van der Waals surface area contributed by atoms with Crippen molar-refractivity contribution in [3.05, 3.63) is 0 Å². The number of nitrogens with one attached hydrogen (secondary N) is 1. The van der Waals surface area contributed by atoms with Crippen LogP contribution in [-0.2, 0) is 9.53 Å². The fraction of sp³-hybridized carbons (Fsp3) is 0.900. The van der Waals surface area contributed by atoms with Gasteiger partial charge in [0, 0.05) is 50.1 Å². The molecule has 3 radical (unpaired) electrons. The summed E-state index contributed by atoms with van der Waals surface area (Å²) in [6, 6.07) is 0. The Bertz CT molecular complexity index is 188. The van der Waals surface area contributed by atoms with E-state index >= 15 is 0 Å². The maximum atomic E-state index is 10.3. The Hall–Kier alpha value is 0.313. The zero-order chi connectivity index (χ0) is 10.1. The standard InChI is InChI=1S/C10H19NO2.Bi/c1-9(2)5-8(13-7-12)6-10(3,4)11-9;/h7-8,11H,5-6H2,1-4H3;. The molecule has 1 aliphatic heterocycles. The van der Waals surface area contributed by atoms with Crippen LogP contribution in [0.2, 0.25) is 0 Å². The number of ether oxygens (including phenoxy) is 1. The summed E-state index contributed by atoms with van der Waals surface area (Å²) in [7, 11) is 0. The van der Waals surface area contributed by atoms with Gasteiger partial charge in [0.15, 0.2) is 0 Å². The zero-order valence-electron chi connectivity index (χ0n) is 9.33. The van der Waals surface area contributed by atoms with Crippen LogP contribution in [0.15, 0.2) is 0 Å². The van der Waals surface area contributed by atoms with Gasteiger partial charge in [-0.05, 0) is 27.7 Å². The average molecular weight is 394 g/mol. The predicted molar refractivity (Wildman–Crippen MR) is 57.2 cm³/mol. The minimum Gasteiger partial charge on any atom is -0.464 e. The Morgan fingerprint density at radius 1 is 1.21 bits per heavy atom. The van der Waals surface area contributed by atoms with Crippen molar-refractivity contribution < 1.29 is 9.53 Å². The van der Waals surface area contributed by atoms with Gasteiger partial charge >= 0.3 is 0 Å². The van der Waals surface area contributed by atoms with E-state index in [0.717, 1.165) is 12.8 Å². The monoisotopic (exact) mass is 394 g/mol. The summed E-state index contributed by atoms with van der Waals surface area (Å²) in [5, 5.41) is 3.52. The topological polar surface area (TPSA) is 38.3 Å². The summed E-state index contributed by atoms with van der Waals surface area (Å²) in [6.45, 7) is 9.09. The first-order valence-corrected chi connectivity index (χ1v) is 4.73. The van der Waals surface area contributed by atoms with Gasteiger partial charge in [-0.15, -0.1) is 0 Å². The van der Waals surface area contributed by atoms with Crippen LogP contribution in [-0.4, -0.2) is 49.9 Å². The molecule has 1 N–H and O–H groups in total. The minimum atomic E-state index is 0. The summed E-state index contributed by atoms with van der Waals surface area (Å²) in [4.78, 5) is 10.3. The van der Waals surface area contributed by atoms with Crippen molar-refractivity contribution in [2.45, 2.75) is 57.7 Å². The molecule has 1 aliphatic rings. The maximum absolute atomic E-state index is 10.3. The largest absolute Gasteiger partial charge is 0.464 e. The van der Waals surface area contributed by atoms with Gasteiger partial charge in [0.25, 0.3) is 6.47 Å². The fourth-order valence-corrected chi connectivity index (χ4v) is 2.40. The Kier molecular flexibility index (Phi) is 5.00. The quantitative estimate of drug-likeness (QED) is 0.563. The first kappa shape index (κ1) is 14.3. The number of piperidine rings is 1. The van der Waals surface area contributed by atoms with Crippen LogP contribution < -0.4 is 5.32 Å². The molecule has 0 unspecified atom stereocenters. The van der Waals surface area contributed by atoms with Gasteiger partial charge in [-0.2, -0.15) is 0 Å². The van der Waals surface area contributed by atoms with Crippen LogP contribution in [0.25, 0.3) is 0 Å². The van der Waals surface area contributed by atoms with Gasteiger partial charge in [-0.25, -0.2) is 0 Å². The summed E-state index contributed by atoms with van der Waals surface area (Å²) in [6.07, 6.45) is 1.83. The third-order valence-electron chi connectivity index (χ3n) is 2.40. The maximum Gasteiger partial charge on any atom is 0.293 e. The molecule has 4 heteroatoms. The first-order chi connectivity index (χ1) is 5.85. The van der Waals surface area contributed by atoms with Crippen molar-refractivity contribution in [2.24, 2.45) is 0 Å². The molecular formula is C10H19BiNO2. The summed E-state index contributed by atoms with van der Waals surface area (Å²) < 4.78 is 5.03.